The fraction of sp³-hybridized carbons (Fsp3) is 0.130. The summed E-state index contributed by atoms with van der Waals surface area (Å²) in [5, 5.41) is 5.59. The van der Waals surface area contributed by atoms with Gasteiger partial charge in [0.1, 0.15) is 11.5 Å². The molecule has 0 saturated heterocycles. The molecule has 2 amide bonds. The van der Waals surface area contributed by atoms with Crippen LogP contribution in [0.3, 0.4) is 0 Å². The topological polar surface area (TPSA) is 76.7 Å². The van der Waals surface area contributed by atoms with E-state index in [4.69, 9.17) is 9.47 Å². The van der Waals surface area contributed by atoms with Crippen LogP contribution in [0.1, 0.15) is 15.9 Å². The lowest BCUT2D eigenvalue weighted by atomic mass is 10.2. The fourth-order valence-electron chi connectivity index (χ4n) is 2.71. The van der Waals surface area contributed by atoms with Crippen LogP contribution in [0, 0.1) is 6.92 Å². The van der Waals surface area contributed by atoms with Crippen molar-refractivity contribution in [2.75, 3.05) is 24.4 Å². The first-order valence-electron chi connectivity index (χ1n) is 9.09. The first-order valence-corrected chi connectivity index (χ1v) is 9.09. The van der Waals surface area contributed by atoms with E-state index in [1.807, 2.05) is 25.1 Å². The molecule has 0 fully saturated rings. The summed E-state index contributed by atoms with van der Waals surface area (Å²) in [5.74, 6) is 0.524. The molecule has 0 saturated carbocycles. The van der Waals surface area contributed by atoms with E-state index in [0.717, 1.165) is 5.56 Å². The second-order valence-corrected chi connectivity index (χ2v) is 6.39. The highest BCUT2D eigenvalue weighted by molar-refractivity contribution is 6.04. The third kappa shape index (κ3) is 5.59. The van der Waals surface area contributed by atoms with Crippen LogP contribution in [-0.4, -0.2) is 25.5 Å². The van der Waals surface area contributed by atoms with Crippen LogP contribution in [-0.2, 0) is 4.79 Å². The molecule has 0 aliphatic rings. The zero-order valence-corrected chi connectivity index (χ0v) is 16.3. The van der Waals surface area contributed by atoms with Crippen molar-refractivity contribution < 1.29 is 19.1 Å². The molecule has 3 aromatic carbocycles. The molecule has 3 aromatic rings. The van der Waals surface area contributed by atoms with Crippen molar-refractivity contribution in [2.45, 2.75) is 6.92 Å². The minimum absolute atomic E-state index is 0.173. The van der Waals surface area contributed by atoms with Crippen molar-refractivity contribution in [1.82, 2.24) is 0 Å². The Balaban J connectivity index is 1.58. The van der Waals surface area contributed by atoms with Crippen LogP contribution in [0.15, 0.2) is 72.8 Å². The third-order valence-electron chi connectivity index (χ3n) is 4.13. The van der Waals surface area contributed by atoms with Gasteiger partial charge in [-0.05, 0) is 48.9 Å². The van der Waals surface area contributed by atoms with E-state index in [0.29, 0.717) is 28.4 Å². The van der Waals surface area contributed by atoms with Crippen molar-refractivity contribution in [1.29, 1.82) is 0 Å². The maximum Gasteiger partial charge on any atom is 0.262 e. The van der Waals surface area contributed by atoms with Crippen LogP contribution >= 0.6 is 0 Å². The second-order valence-electron chi connectivity index (χ2n) is 6.39. The summed E-state index contributed by atoms with van der Waals surface area (Å²) in [6.07, 6.45) is 0. The van der Waals surface area contributed by atoms with Crippen molar-refractivity contribution in [3.63, 3.8) is 0 Å². The van der Waals surface area contributed by atoms with Gasteiger partial charge >= 0.3 is 0 Å². The molecule has 0 bridgehead atoms. The molecule has 0 aliphatic carbocycles. The van der Waals surface area contributed by atoms with Crippen LogP contribution in [0.2, 0.25) is 0 Å². The summed E-state index contributed by atoms with van der Waals surface area (Å²) in [6, 6.07) is 21.3. The molecule has 0 unspecified atom stereocenters. The Labute approximate surface area is 169 Å². The van der Waals surface area contributed by atoms with E-state index in [9.17, 15) is 9.59 Å². The number of amides is 2. The standard InChI is InChI=1S/C23H22N2O4/c1-16-11-12-21(28-2)20(13-16)25-22(26)15-29-19-10-6-9-18(14-19)24-23(27)17-7-4-3-5-8-17/h3-14H,15H2,1-2H3,(H,24,27)(H,25,26). The Hall–Kier alpha value is -3.80. The number of aryl methyl sites for hydroxylation is 1. The van der Waals surface area contributed by atoms with Crippen molar-refractivity contribution in [2.24, 2.45) is 0 Å². The maximum atomic E-state index is 12.3. The van der Waals surface area contributed by atoms with Gasteiger partial charge in [-0.3, -0.25) is 9.59 Å². The minimum Gasteiger partial charge on any atom is -0.495 e. The van der Waals surface area contributed by atoms with Gasteiger partial charge in [-0.2, -0.15) is 0 Å². The zero-order chi connectivity index (χ0) is 20.6. The number of nitrogens with one attached hydrogen (secondary N) is 2. The van der Waals surface area contributed by atoms with E-state index in [2.05, 4.69) is 10.6 Å². The van der Waals surface area contributed by atoms with Crippen LogP contribution in [0.25, 0.3) is 0 Å². The first-order chi connectivity index (χ1) is 14.0. The molecular formula is C23H22N2O4. The minimum atomic E-state index is -0.312. The second kappa shape index (κ2) is 9.41. The fourth-order valence-corrected chi connectivity index (χ4v) is 2.71. The van der Waals surface area contributed by atoms with Gasteiger partial charge in [-0.1, -0.05) is 30.3 Å². The molecule has 0 atom stereocenters. The molecular weight excluding hydrogens is 368 g/mol. The van der Waals surface area contributed by atoms with E-state index in [-0.39, 0.29) is 18.4 Å². The number of anilines is 2. The predicted octanol–water partition coefficient (Wildman–Crippen LogP) is 4.27. The van der Waals surface area contributed by atoms with Gasteiger partial charge in [0.25, 0.3) is 11.8 Å². The number of benzene rings is 3. The Morgan fingerprint density at radius 3 is 2.45 bits per heavy atom. The van der Waals surface area contributed by atoms with Gasteiger partial charge in [-0.25, -0.2) is 0 Å². The quantitative estimate of drug-likeness (QED) is 0.632. The van der Waals surface area contributed by atoms with Crippen molar-refractivity contribution in [3.8, 4) is 11.5 Å². The number of rotatable bonds is 7. The highest BCUT2D eigenvalue weighted by atomic mass is 16.5. The largest absolute Gasteiger partial charge is 0.495 e. The van der Waals surface area contributed by atoms with Crippen LogP contribution < -0.4 is 20.1 Å². The Kier molecular flexibility index (Phi) is 6.47. The van der Waals surface area contributed by atoms with Gasteiger partial charge in [0.2, 0.25) is 0 Å². The van der Waals surface area contributed by atoms with E-state index < -0.39 is 0 Å². The predicted molar refractivity (Wildman–Crippen MR) is 113 cm³/mol. The summed E-state index contributed by atoms with van der Waals surface area (Å²) >= 11 is 0. The lowest BCUT2D eigenvalue weighted by Gasteiger charge is -2.12. The van der Waals surface area contributed by atoms with Crippen molar-refractivity contribution in [3.05, 3.63) is 83.9 Å². The molecule has 0 radical (unpaired) electrons. The number of hydrogen-bond donors (Lipinski definition) is 2. The van der Waals surface area contributed by atoms with Gasteiger partial charge in [0, 0.05) is 17.3 Å². The molecule has 0 aliphatic heterocycles. The Bertz CT molecular complexity index is 1000. The normalized spacial score (nSPS) is 10.1. The highest BCUT2D eigenvalue weighted by Crippen LogP contribution is 2.25. The average Bonchev–Trinajstić information content (AvgIpc) is 2.73. The average molecular weight is 390 g/mol. The molecule has 6 heteroatoms. The van der Waals surface area contributed by atoms with Gasteiger partial charge in [-0.15, -0.1) is 0 Å². The molecule has 29 heavy (non-hydrogen) atoms. The van der Waals surface area contributed by atoms with E-state index in [1.165, 1.54) is 0 Å². The third-order valence-corrected chi connectivity index (χ3v) is 4.13. The number of carbonyl (C=O) groups excluding carboxylic acids is 2. The maximum absolute atomic E-state index is 12.3. The molecule has 2 N–H and O–H groups in total. The SMILES string of the molecule is COc1ccc(C)cc1NC(=O)COc1cccc(NC(=O)c2ccccc2)c1. The highest BCUT2D eigenvalue weighted by Gasteiger charge is 2.10. The first kappa shape index (κ1) is 19.9. The molecule has 0 spiro atoms. The number of ether oxygens (including phenoxy) is 2. The summed E-state index contributed by atoms with van der Waals surface area (Å²) < 4.78 is 10.8. The Morgan fingerprint density at radius 2 is 1.69 bits per heavy atom. The number of carbonyl (C=O) groups is 2. The summed E-state index contributed by atoms with van der Waals surface area (Å²) in [5.41, 5.74) is 2.73. The summed E-state index contributed by atoms with van der Waals surface area (Å²) in [4.78, 5) is 24.5. The summed E-state index contributed by atoms with van der Waals surface area (Å²) in [7, 11) is 1.55. The van der Waals surface area contributed by atoms with Gasteiger partial charge in [0.05, 0.1) is 12.8 Å². The lowest BCUT2D eigenvalue weighted by molar-refractivity contribution is -0.118. The Morgan fingerprint density at radius 1 is 0.897 bits per heavy atom. The summed E-state index contributed by atoms with van der Waals surface area (Å²) in [6.45, 7) is 1.76. The van der Waals surface area contributed by atoms with E-state index in [1.54, 1.807) is 61.7 Å². The smallest absolute Gasteiger partial charge is 0.262 e. The van der Waals surface area contributed by atoms with Gasteiger partial charge < -0.3 is 20.1 Å². The van der Waals surface area contributed by atoms with Gasteiger partial charge in [0.15, 0.2) is 6.61 Å². The molecule has 0 aromatic heterocycles. The number of methoxy groups -OCH3 is 1. The molecule has 3 rings (SSSR count). The monoisotopic (exact) mass is 390 g/mol. The van der Waals surface area contributed by atoms with Crippen LogP contribution in [0.4, 0.5) is 11.4 Å². The lowest BCUT2D eigenvalue weighted by Crippen LogP contribution is -2.20. The number of hydrogen-bond acceptors (Lipinski definition) is 4. The molecule has 0 heterocycles. The van der Waals surface area contributed by atoms with E-state index >= 15 is 0 Å². The zero-order valence-electron chi connectivity index (χ0n) is 16.3. The molecule has 148 valence electrons. The molecule has 6 nitrogen and oxygen atoms in total. The van der Waals surface area contributed by atoms with Crippen molar-refractivity contribution >= 4 is 23.2 Å². The van der Waals surface area contributed by atoms with Crippen LogP contribution in [0.5, 0.6) is 11.5 Å².